The predicted octanol–water partition coefficient (Wildman–Crippen LogP) is 2.95. The van der Waals surface area contributed by atoms with Crippen LogP contribution in [0.15, 0.2) is 49.3 Å². The molecular weight excluding hydrogens is 387 g/mol. The lowest BCUT2D eigenvalue weighted by molar-refractivity contribution is -0.141. The first-order chi connectivity index (χ1) is 13.8. The Balaban J connectivity index is 1.56. The zero-order valence-corrected chi connectivity index (χ0v) is 15.2. The van der Waals surface area contributed by atoms with Crippen LogP contribution in [-0.2, 0) is 11.0 Å². The number of benzene rings is 1. The Morgan fingerprint density at radius 1 is 1.17 bits per heavy atom. The molecular formula is C19H18F3N5O2. The summed E-state index contributed by atoms with van der Waals surface area (Å²) >= 11 is 0. The topological polar surface area (TPSA) is 87.2 Å². The average molecular weight is 405 g/mol. The highest BCUT2D eigenvalue weighted by Gasteiger charge is 2.33. The van der Waals surface area contributed by atoms with Gasteiger partial charge in [0.2, 0.25) is 5.91 Å². The number of rotatable bonds is 5. The van der Waals surface area contributed by atoms with Gasteiger partial charge in [-0.25, -0.2) is 9.97 Å². The van der Waals surface area contributed by atoms with Gasteiger partial charge in [0.05, 0.1) is 12.4 Å². The van der Waals surface area contributed by atoms with Gasteiger partial charge in [0.15, 0.2) is 5.69 Å². The van der Waals surface area contributed by atoms with Crippen LogP contribution in [0.3, 0.4) is 0 Å². The van der Waals surface area contributed by atoms with Gasteiger partial charge in [-0.15, -0.1) is 0 Å². The van der Waals surface area contributed by atoms with Crippen LogP contribution in [0.2, 0.25) is 0 Å². The molecule has 1 aliphatic heterocycles. The molecule has 1 atom stereocenters. The summed E-state index contributed by atoms with van der Waals surface area (Å²) < 4.78 is 37.6. The van der Waals surface area contributed by atoms with Crippen LogP contribution in [0.1, 0.15) is 22.5 Å². The highest BCUT2D eigenvalue weighted by Crippen LogP contribution is 2.27. The molecule has 1 fully saturated rings. The first-order valence-electron chi connectivity index (χ1n) is 8.75. The van der Waals surface area contributed by atoms with Gasteiger partial charge in [-0.1, -0.05) is 6.58 Å². The van der Waals surface area contributed by atoms with Crippen molar-refractivity contribution in [1.29, 1.82) is 0 Å². The fourth-order valence-electron chi connectivity index (χ4n) is 2.89. The molecule has 3 rings (SSSR count). The molecule has 0 radical (unpaired) electrons. The Morgan fingerprint density at radius 3 is 2.48 bits per heavy atom. The third-order valence-corrected chi connectivity index (χ3v) is 4.35. The lowest BCUT2D eigenvalue weighted by Crippen LogP contribution is -2.31. The SMILES string of the molecule is C=CC(=O)Nc1ccc(C(=O)N2CC[C@H](Nc3cnc(C(F)(F)F)cn3)C2)cc1. The van der Waals surface area contributed by atoms with Crippen molar-refractivity contribution < 1.29 is 22.8 Å². The number of anilines is 2. The lowest BCUT2D eigenvalue weighted by Gasteiger charge is -2.18. The van der Waals surface area contributed by atoms with Gasteiger partial charge >= 0.3 is 6.18 Å². The van der Waals surface area contributed by atoms with Gasteiger partial charge in [-0.05, 0) is 36.8 Å². The largest absolute Gasteiger partial charge is 0.434 e. The van der Waals surface area contributed by atoms with Gasteiger partial charge in [-0.3, -0.25) is 9.59 Å². The highest BCUT2D eigenvalue weighted by molar-refractivity contribution is 5.99. The van der Waals surface area contributed by atoms with Crippen LogP contribution in [-0.4, -0.2) is 45.8 Å². The Hall–Kier alpha value is -3.43. The van der Waals surface area contributed by atoms with E-state index in [2.05, 4.69) is 27.2 Å². The zero-order valence-electron chi connectivity index (χ0n) is 15.2. The molecule has 0 saturated carbocycles. The van der Waals surface area contributed by atoms with E-state index < -0.39 is 11.9 Å². The number of nitrogens with zero attached hydrogens (tertiary/aromatic N) is 3. The summed E-state index contributed by atoms with van der Waals surface area (Å²) in [7, 11) is 0. The molecule has 152 valence electrons. The van der Waals surface area contributed by atoms with Gasteiger partial charge in [-0.2, -0.15) is 13.2 Å². The Bertz CT molecular complexity index is 898. The van der Waals surface area contributed by atoms with Crippen molar-refractivity contribution in [3.63, 3.8) is 0 Å². The minimum atomic E-state index is -4.54. The first kappa shape index (κ1) is 20.3. The summed E-state index contributed by atoms with van der Waals surface area (Å²) in [5.74, 6) is -0.294. The van der Waals surface area contributed by atoms with Gasteiger partial charge in [0.25, 0.3) is 5.91 Å². The van der Waals surface area contributed by atoms with Crippen molar-refractivity contribution in [2.75, 3.05) is 23.7 Å². The molecule has 2 aromatic rings. The molecule has 2 N–H and O–H groups in total. The number of aromatic nitrogens is 2. The lowest BCUT2D eigenvalue weighted by atomic mass is 10.2. The molecule has 0 bridgehead atoms. The summed E-state index contributed by atoms with van der Waals surface area (Å²) in [5, 5.41) is 5.60. The standard InChI is InChI=1S/C19H18F3N5O2/c1-2-17(28)26-13-5-3-12(4-6-13)18(29)27-8-7-14(11-27)25-16-10-23-15(9-24-16)19(20,21)22/h2-6,9-10,14H,1,7-8,11H2,(H,24,25)(H,26,28)/t14-/m0/s1. The second-order valence-corrected chi connectivity index (χ2v) is 6.44. The maximum absolute atomic E-state index is 12.6. The van der Waals surface area contributed by atoms with E-state index in [-0.39, 0.29) is 23.7 Å². The van der Waals surface area contributed by atoms with Crippen molar-refractivity contribution in [2.24, 2.45) is 0 Å². The third kappa shape index (κ3) is 5.09. The van der Waals surface area contributed by atoms with Gasteiger partial charge < -0.3 is 15.5 Å². The average Bonchev–Trinajstić information content (AvgIpc) is 3.16. The van der Waals surface area contributed by atoms with Crippen LogP contribution >= 0.6 is 0 Å². The molecule has 2 amide bonds. The van der Waals surface area contributed by atoms with Crippen molar-refractivity contribution in [3.8, 4) is 0 Å². The molecule has 1 aromatic heterocycles. The van der Waals surface area contributed by atoms with E-state index in [0.717, 1.165) is 12.3 Å². The molecule has 1 aromatic carbocycles. The van der Waals surface area contributed by atoms with Crippen LogP contribution < -0.4 is 10.6 Å². The fourth-order valence-corrected chi connectivity index (χ4v) is 2.89. The number of carbonyl (C=O) groups is 2. The summed E-state index contributed by atoms with van der Waals surface area (Å²) in [6.07, 6.45) is -1.05. The minimum absolute atomic E-state index is 0.142. The van der Waals surface area contributed by atoms with E-state index in [1.54, 1.807) is 29.2 Å². The Labute approximate surface area is 164 Å². The summed E-state index contributed by atoms with van der Waals surface area (Å²) in [4.78, 5) is 32.7. The maximum Gasteiger partial charge on any atom is 0.434 e. The number of carbonyl (C=O) groups excluding carboxylic acids is 2. The van der Waals surface area contributed by atoms with E-state index >= 15 is 0 Å². The smallest absolute Gasteiger partial charge is 0.364 e. The highest BCUT2D eigenvalue weighted by atomic mass is 19.4. The van der Waals surface area contributed by atoms with Crippen LogP contribution in [0, 0.1) is 0 Å². The van der Waals surface area contributed by atoms with Gasteiger partial charge in [0, 0.05) is 30.4 Å². The van der Waals surface area contributed by atoms with E-state index in [1.807, 2.05) is 0 Å². The van der Waals surface area contributed by atoms with Crippen LogP contribution in [0.25, 0.3) is 0 Å². The molecule has 2 heterocycles. The predicted molar refractivity (Wildman–Crippen MR) is 100 cm³/mol. The number of halogens is 3. The van der Waals surface area contributed by atoms with Crippen molar-refractivity contribution in [1.82, 2.24) is 14.9 Å². The third-order valence-electron chi connectivity index (χ3n) is 4.35. The van der Waals surface area contributed by atoms with Crippen molar-refractivity contribution >= 4 is 23.3 Å². The molecule has 7 nitrogen and oxygen atoms in total. The number of likely N-dealkylation sites (tertiary alicyclic amines) is 1. The second-order valence-electron chi connectivity index (χ2n) is 6.44. The van der Waals surface area contributed by atoms with E-state index in [0.29, 0.717) is 37.0 Å². The number of amides is 2. The molecule has 0 unspecified atom stereocenters. The normalized spacial score (nSPS) is 16.4. The zero-order chi connectivity index (χ0) is 21.0. The van der Waals surface area contributed by atoms with Crippen LogP contribution in [0.4, 0.5) is 24.7 Å². The Morgan fingerprint density at radius 2 is 1.90 bits per heavy atom. The molecule has 1 saturated heterocycles. The number of alkyl halides is 3. The monoisotopic (exact) mass is 405 g/mol. The number of hydrogen-bond donors (Lipinski definition) is 2. The number of nitrogens with one attached hydrogen (secondary N) is 2. The van der Waals surface area contributed by atoms with E-state index in [4.69, 9.17) is 0 Å². The molecule has 10 heteroatoms. The molecule has 0 aliphatic carbocycles. The Kier molecular flexibility index (Phi) is 5.81. The number of hydrogen-bond acceptors (Lipinski definition) is 5. The van der Waals surface area contributed by atoms with Crippen LogP contribution in [0.5, 0.6) is 0 Å². The minimum Gasteiger partial charge on any atom is -0.364 e. The summed E-state index contributed by atoms with van der Waals surface area (Å²) in [6.45, 7) is 4.25. The first-order valence-corrected chi connectivity index (χ1v) is 8.75. The second kappa shape index (κ2) is 8.29. The van der Waals surface area contributed by atoms with E-state index in [9.17, 15) is 22.8 Å². The van der Waals surface area contributed by atoms with Crippen molar-refractivity contribution in [3.05, 3.63) is 60.6 Å². The summed E-state index contributed by atoms with van der Waals surface area (Å²) in [5.41, 5.74) is -0.0381. The molecule has 29 heavy (non-hydrogen) atoms. The summed E-state index contributed by atoms with van der Waals surface area (Å²) in [6, 6.07) is 6.33. The fraction of sp³-hybridized carbons (Fsp3) is 0.263. The maximum atomic E-state index is 12.6. The molecule has 0 spiro atoms. The van der Waals surface area contributed by atoms with Crippen molar-refractivity contribution in [2.45, 2.75) is 18.6 Å². The van der Waals surface area contributed by atoms with Gasteiger partial charge in [0.1, 0.15) is 5.82 Å². The molecule has 1 aliphatic rings. The quantitative estimate of drug-likeness (QED) is 0.747. The van der Waals surface area contributed by atoms with E-state index in [1.165, 1.54) is 0 Å².